The molecule has 0 spiro atoms. The second kappa shape index (κ2) is 5.41. The summed E-state index contributed by atoms with van der Waals surface area (Å²) in [6, 6.07) is 3.59. The first-order valence-corrected chi connectivity index (χ1v) is 6.48. The Hall–Kier alpha value is -1.86. The Morgan fingerprint density at radius 3 is 2.74 bits per heavy atom. The maximum atomic E-state index is 11.5. The smallest absolute Gasteiger partial charge is 0.342 e. The quantitative estimate of drug-likeness (QED) is 0.887. The topological polar surface area (TPSA) is 92.2 Å². The molecule has 2 aromatic heterocycles. The predicted octanol–water partition coefficient (Wildman–Crippen LogP) is 1.19. The fraction of sp³-hybridized carbons (Fsp3) is 0.182. The molecule has 0 saturated heterocycles. The number of thiophene rings is 1. The third-order valence-electron chi connectivity index (χ3n) is 2.47. The van der Waals surface area contributed by atoms with E-state index in [0.717, 1.165) is 11.1 Å². The number of nitrogens with zero attached hydrogens (tertiary/aromatic N) is 1. The highest BCUT2D eigenvalue weighted by molar-refractivity contribution is 7.16. The van der Waals surface area contributed by atoms with Gasteiger partial charge in [0.15, 0.2) is 0 Å². The molecule has 0 unspecified atom stereocenters. The van der Waals surface area contributed by atoms with E-state index in [9.17, 15) is 14.4 Å². The number of carboxylic acid groups (broad SMARTS) is 1. The first-order chi connectivity index (χ1) is 8.97. The standard InChI is InChI=1S/C11H9ClN2O4S/c12-8-2-1-6(19-8)3-4-14-5-7(10(16)17)9(15)13-11(14)18/h1-2,5H,3-4H2,(H,16,17)(H,13,15,18). The largest absolute Gasteiger partial charge is 0.477 e. The van der Waals surface area contributed by atoms with Crippen LogP contribution in [0.25, 0.3) is 0 Å². The van der Waals surface area contributed by atoms with Crippen molar-refractivity contribution in [1.29, 1.82) is 0 Å². The molecule has 2 heterocycles. The second-order valence-electron chi connectivity index (χ2n) is 3.76. The number of aromatic nitrogens is 2. The molecule has 0 amide bonds. The zero-order chi connectivity index (χ0) is 14.0. The lowest BCUT2D eigenvalue weighted by Gasteiger charge is -2.04. The Morgan fingerprint density at radius 2 is 2.16 bits per heavy atom. The summed E-state index contributed by atoms with van der Waals surface area (Å²) < 4.78 is 1.81. The number of carbonyl (C=O) groups is 1. The monoisotopic (exact) mass is 300 g/mol. The molecule has 0 bridgehead atoms. The van der Waals surface area contributed by atoms with Gasteiger partial charge >= 0.3 is 11.7 Å². The van der Waals surface area contributed by atoms with Crippen LogP contribution in [0.4, 0.5) is 0 Å². The highest BCUT2D eigenvalue weighted by atomic mass is 35.5. The lowest BCUT2D eigenvalue weighted by Crippen LogP contribution is -2.33. The molecule has 0 aliphatic carbocycles. The van der Waals surface area contributed by atoms with Gasteiger partial charge in [-0.05, 0) is 18.6 Å². The van der Waals surface area contributed by atoms with Crippen LogP contribution in [0.2, 0.25) is 4.34 Å². The van der Waals surface area contributed by atoms with Gasteiger partial charge in [0.1, 0.15) is 5.56 Å². The molecule has 0 aliphatic heterocycles. The van der Waals surface area contributed by atoms with Gasteiger partial charge in [-0.2, -0.15) is 0 Å². The van der Waals surface area contributed by atoms with Gasteiger partial charge in [-0.15, -0.1) is 11.3 Å². The molecular weight excluding hydrogens is 292 g/mol. The van der Waals surface area contributed by atoms with Crippen molar-refractivity contribution < 1.29 is 9.90 Å². The highest BCUT2D eigenvalue weighted by Crippen LogP contribution is 2.21. The number of aromatic carboxylic acids is 1. The first-order valence-electron chi connectivity index (χ1n) is 5.28. The van der Waals surface area contributed by atoms with E-state index in [1.54, 1.807) is 6.07 Å². The van der Waals surface area contributed by atoms with E-state index in [4.69, 9.17) is 16.7 Å². The molecule has 2 aromatic rings. The van der Waals surface area contributed by atoms with E-state index in [0.29, 0.717) is 10.8 Å². The minimum Gasteiger partial charge on any atom is -0.477 e. The van der Waals surface area contributed by atoms with Gasteiger partial charge in [-0.3, -0.25) is 14.3 Å². The van der Waals surface area contributed by atoms with Gasteiger partial charge in [0.05, 0.1) is 4.34 Å². The Morgan fingerprint density at radius 1 is 1.42 bits per heavy atom. The molecule has 0 saturated carbocycles. The number of aromatic amines is 1. The molecule has 8 heteroatoms. The average molecular weight is 301 g/mol. The van der Waals surface area contributed by atoms with Gasteiger partial charge in [-0.1, -0.05) is 11.6 Å². The average Bonchev–Trinajstić information content (AvgIpc) is 2.73. The van der Waals surface area contributed by atoms with E-state index >= 15 is 0 Å². The molecule has 0 atom stereocenters. The second-order valence-corrected chi connectivity index (χ2v) is 5.56. The number of nitrogens with one attached hydrogen (secondary N) is 1. The summed E-state index contributed by atoms with van der Waals surface area (Å²) in [6.45, 7) is 0.271. The molecule has 2 N–H and O–H groups in total. The fourth-order valence-corrected chi connectivity index (χ4v) is 2.62. The third kappa shape index (κ3) is 3.12. The summed E-state index contributed by atoms with van der Waals surface area (Å²) in [4.78, 5) is 36.5. The van der Waals surface area contributed by atoms with Crippen LogP contribution >= 0.6 is 22.9 Å². The summed E-state index contributed by atoms with van der Waals surface area (Å²) in [5.41, 5.74) is -1.98. The normalized spacial score (nSPS) is 10.6. The predicted molar refractivity (Wildman–Crippen MR) is 71.3 cm³/mol. The van der Waals surface area contributed by atoms with Crippen molar-refractivity contribution in [2.45, 2.75) is 13.0 Å². The van der Waals surface area contributed by atoms with Crippen molar-refractivity contribution in [1.82, 2.24) is 9.55 Å². The van der Waals surface area contributed by atoms with Gasteiger partial charge < -0.3 is 5.11 Å². The number of rotatable bonds is 4. The summed E-state index contributed by atoms with van der Waals surface area (Å²) in [5.74, 6) is -1.37. The van der Waals surface area contributed by atoms with E-state index in [2.05, 4.69) is 0 Å². The maximum Gasteiger partial charge on any atom is 0.342 e. The Bertz CT molecular complexity index is 731. The zero-order valence-electron chi connectivity index (χ0n) is 9.55. The van der Waals surface area contributed by atoms with Crippen LogP contribution in [-0.4, -0.2) is 20.6 Å². The molecule has 0 radical (unpaired) electrons. The van der Waals surface area contributed by atoms with Crippen LogP contribution in [0, 0.1) is 0 Å². The van der Waals surface area contributed by atoms with Gasteiger partial charge in [0.25, 0.3) is 5.56 Å². The van der Waals surface area contributed by atoms with Gasteiger partial charge in [0.2, 0.25) is 0 Å². The number of hydrogen-bond donors (Lipinski definition) is 2. The van der Waals surface area contributed by atoms with Crippen LogP contribution in [0.1, 0.15) is 15.2 Å². The Kier molecular flexibility index (Phi) is 3.87. The Labute approximate surface area is 115 Å². The van der Waals surface area contributed by atoms with Crippen LogP contribution in [0.5, 0.6) is 0 Å². The summed E-state index contributed by atoms with van der Waals surface area (Å²) >= 11 is 7.17. The number of H-pyrrole nitrogens is 1. The molecule has 2 rings (SSSR count). The van der Waals surface area contributed by atoms with Gasteiger partial charge in [-0.25, -0.2) is 9.59 Å². The minimum absolute atomic E-state index is 0.271. The number of halogens is 1. The molecule has 19 heavy (non-hydrogen) atoms. The highest BCUT2D eigenvalue weighted by Gasteiger charge is 2.11. The van der Waals surface area contributed by atoms with Gasteiger partial charge in [0, 0.05) is 17.6 Å². The molecule has 0 aliphatic rings. The molecule has 100 valence electrons. The van der Waals surface area contributed by atoms with Crippen molar-refractivity contribution in [2.75, 3.05) is 0 Å². The number of carboxylic acids is 1. The first kappa shape index (κ1) is 13.6. The van der Waals surface area contributed by atoms with Crippen molar-refractivity contribution in [3.8, 4) is 0 Å². The third-order valence-corrected chi connectivity index (χ3v) is 3.76. The van der Waals surface area contributed by atoms with Crippen molar-refractivity contribution >= 4 is 28.9 Å². The van der Waals surface area contributed by atoms with Crippen molar-refractivity contribution in [2.24, 2.45) is 0 Å². The van der Waals surface area contributed by atoms with Crippen LogP contribution in [0.15, 0.2) is 27.9 Å². The zero-order valence-corrected chi connectivity index (χ0v) is 11.1. The lowest BCUT2D eigenvalue weighted by atomic mass is 10.3. The van der Waals surface area contributed by atoms with E-state index in [1.807, 2.05) is 11.1 Å². The SMILES string of the molecule is O=C(O)c1cn(CCc2ccc(Cl)s2)c(=O)[nH]c1=O. The molecule has 0 aromatic carbocycles. The van der Waals surface area contributed by atoms with E-state index in [-0.39, 0.29) is 6.54 Å². The Balaban J connectivity index is 2.25. The fourth-order valence-electron chi connectivity index (χ4n) is 1.54. The lowest BCUT2D eigenvalue weighted by molar-refractivity contribution is 0.0693. The van der Waals surface area contributed by atoms with E-state index in [1.165, 1.54) is 15.9 Å². The summed E-state index contributed by atoms with van der Waals surface area (Å²) in [5, 5.41) is 8.82. The van der Waals surface area contributed by atoms with E-state index < -0.39 is 22.8 Å². The molecule has 0 fully saturated rings. The van der Waals surface area contributed by atoms with Crippen LogP contribution < -0.4 is 11.2 Å². The van der Waals surface area contributed by atoms with Crippen LogP contribution in [0.3, 0.4) is 0 Å². The summed E-state index contributed by atoms with van der Waals surface area (Å²) in [6.07, 6.45) is 1.58. The van der Waals surface area contributed by atoms with Crippen molar-refractivity contribution in [3.05, 3.63) is 53.9 Å². The van der Waals surface area contributed by atoms with Crippen molar-refractivity contribution in [3.63, 3.8) is 0 Å². The number of aryl methyl sites for hydroxylation is 2. The molecule has 6 nitrogen and oxygen atoms in total. The molecular formula is C11H9ClN2O4S. The number of hydrogen-bond acceptors (Lipinski definition) is 4. The summed E-state index contributed by atoms with van der Waals surface area (Å²) in [7, 11) is 0. The minimum atomic E-state index is -1.37. The maximum absolute atomic E-state index is 11.5. The van der Waals surface area contributed by atoms with Crippen LogP contribution in [-0.2, 0) is 13.0 Å².